The van der Waals surface area contributed by atoms with Gasteiger partial charge in [-0.3, -0.25) is 0 Å². The van der Waals surface area contributed by atoms with Gasteiger partial charge in [-0.15, -0.1) is 0 Å². The Kier molecular flexibility index (Phi) is 6.02. The van der Waals surface area contributed by atoms with E-state index >= 15 is 0 Å². The Morgan fingerprint density at radius 1 is 1.35 bits per heavy atom. The molecule has 20 heavy (non-hydrogen) atoms. The Balaban J connectivity index is 2.09. The number of nitrogens with zero attached hydrogens (tertiary/aromatic N) is 1. The van der Waals surface area contributed by atoms with Crippen molar-refractivity contribution in [3.05, 3.63) is 35.4 Å². The minimum absolute atomic E-state index is 0.456. The van der Waals surface area contributed by atoms with Gasteiger partial charge >= 0.3 is 0 Å². The molecule has 0 aliphatic heterocycles. The molecule has 2 unspecified atom stereocenters. The molecule has 2 atom stereocenters. The fraction of sp³-hybridized carbons (Fsp3) is 0.647. The summed E-state index contributed by atoms with van der Waals surface area (Å²) >= 11 is 0. The van der Waals surface area contributed by atoms with Gasteiger partial charge in [-0.05, 0) is 44.0 Å². The topological polar surface area (TPSA) is 24.5 Å². The molecule has 1 N–H and O–H groups in total. The van der Waals surface area contributed by atoms with Crippen LogP contribution in [0.5, 0.6) is 0 Å². The smallest absolute Gasteiger partial charge is 0.0480 e. The summed E-state index contributed by atoms with van der Waals surface area (Å²) in [4.78, 5) is 2.50. The van der Waals surface area contributed by atoms with Gasteiger partial charge in [0.15, 0.2) is 0 Å². The van der Waals surface area contributed by atoms with Crippen molar-refractivity contribution in [1.29, 1.82) is 0 Å². The highest BCUT2D eigenvalue weighted by Gasteiger charge is 2.30. The lowest BCUT2D eigenvalue weighted by atomic mass is 9.83. The zero-order valence-corrected chi connectivity index (χ0v) is 13.1. The second-order valence-electron chi connectivity index (χ2n) is 5.67. The SMILES string of the molecule is CCNC1c2ccccc2CCC1N(C)CCCOC. The first-order chi connectivity index (χ1) is 9.77. The first kappa shape index (κ1) is 15.5. The number of hydrogen-bond acceptors (Lipinski definition) is 3. The molecule has 0 saturated heterocycles. The van der Waals surface area contributed by atoms with Crippen molar-refractivity contribution in [3.8, 4) is 0 Å². The zero-order valence-electron chi connectivity index (χ0n) is 13.1. The van der Waals surface area contributed by atoms with E-state index in [0.717, 1.165) is 26.1 Å². The van der Waals surface area contributed by atoms with Crippen molar-refractivity contribution in [2.75, 3.05) is 33.9 Å². The quantitative estimate of drug-likeness (QED) is 0.775. The van der Waals surface area contributed by atoms with Gasteiger partial charge in [0.05, 0.1) is 0 Å². The van der Waals surface area contributed by atoms with Gasteiger partial charge in [-0.1, -0.05) is 31.2 Å². The van der Waals surface area contributed by atoms with Crippen LogP contribution in [0.1, 0.15) is 36.9 Å². The van der Waals surface area contributed by atoms with Crippen LogP contribution in [0, 0.1) is 0 Å². The zero-order chi connectivity index (χ0) is 14.4. The first-order valence-corrected chi connectivity index (χ1v) is 7.78. The molecule has 112 valence electrons. The summed E-state index contributed by atoms with van der Waals surface area (Å²) in [5, 5.41) is 3.69. The van der Waals surface area contributed by atoms with Crippen molar-refractivity contribution in [2.24, 2.45) is 0 Å². The molecule has 1 aromatic rings. The highest BCUT2D eigenvalue weighted by molar-refractivity contribution is 5.34. The Bertz CT molecular complexity index is 408. The second-order valence-corrected chi connectivity index (χ2v) is 5.67. The van der Waals surface area contributed by atoms with Crippen molar-refractivity contribution < 1.29 is 4.74 Å². The third kappa shape index (κ3) is 3.60. The maximum Gasteiger partial charge on any atom is 0.0480 e. The minimum atomic E-state index is 0.456. The largest absolute Gasteiger partial charge is 0.385 e. The van der Waals surface area contributed by atoms with Gasteiger partial charge in [-0.2, -0.15) is 0 Å². The number of ether oxygens (including phenoxy) is 1. The number of rotatable bonds is 7. The van der Waals surface area contributed by atoms with Crippen LogP contribution < -0.4 is 5.32 Å². The number of nitrogens with one attached hydrogen (secondary N) is 1. The molecule has 3 nitrogen and oxygen atoms in total. The van der Waals surface area contributed by atoms with Crippen LogP contribution in [0.2, 0.25) is 0 Å². The highest BCUT2D eigenvalue weighted by atomic mass is 16.5. The van der Waals surface area contributed by atoms with Crippen LogP contribution in [0.25, 0.3) is 0 Å². The molecule has 0 spiro atoms. The molecule has 0 bridgehead atoms. The van der Waals surface area contributed by atoms with Crippen molar-refractivity contribution in [1.82, 2.24) is 10.2 Å². The van der Waals surface area contributed by atoms with E-state index in [1.54, 1.807) is 7.11 Å². The number of aryl methyl sites for hydroxylation is 1. The number of benzene rings is 1. The van der Waals surface area contributed by atoms with Crippen LogP contribution in [0.15, 0.2) is 24.3 Å². The maximum atomic E-state index is 5.17. The number of methoxy groups -OCH3 is 1. The summed E-state index contributed by atoms with van der Waals surface area (Å²) in [6, 6.07) is 9.93. The summed E-state index contributed by atoms with van der Waals surface area (Å²) in [7, 11) is 4.02. The predicted octanol–water partition coefficient (Wildman–Crippen LogP) is 2.62. The first-order valence-electron chi connectivity index (χ1n) is 7.78. The standard InChI is InChI=1S/C17H28N2O/c1-4-18-17-15-9-6-5-8-14(15)10-11-16(17)19(2)12-7-13-20-3/h5-6,8-9,16-18H,4,7,10-13H2,1-3H3. The number of fused-ring (bicyclic) bond motifs is 1. The average Bonchev–Trinajstić information content (AvgIpc) is 2.48. The van der Waals surface area contributed by atoms with Crippen molar-refractivity contribution >= 4 is 0 Å². The van der Waals surface area contributed by atoms with Gasteiger partial charge in [0.25, 0.3) is 0 Å². The lowest BCUT2D eigenvalue weighted by Gasteiger charge is -2.39. The normalized spacial score (nSPS) is 22.0. The van der Waals surface area contributed by atoms with E-state index in [4.69, 9.17) is 4.74 Å². The minimum Gasteiger partial charge on any atom is -0.385 e. The molecule has 0 radical (unpaired) electrons. The molecular weight excluding hydrogens is 248 g/mol. The molecule has 1 aliphatic carbocycles. The van der Waals surface area contributed by atoms with Crippen LogP contribution in [0.4, 0.5) is 0 Å². The molecule has 0 heterocycles. The molecular formula is C17H28N2O. The van der Waals surface area contributed by atoms with Gasteiger partial charge in [0.1, 0.15) is 0 Å². The van der Waals surface area contributed by atoms with E-state index in [9.17, 15) is 0 Å². The lowest BCUT2D eigenvalue weighted by molar-refractivity contribution is 0.141. The lowest BCUT2D eigenvalue weighted by Crippen LogP contribution is -2.46. The Hall–Kier alpha value is -0.900. The number of hydrogen-bond donors (Lipinski definition) is 1. The molecule has 1 aliphatic rings. The summed E-state index contributed by atoms with van der Waals surface area (Å²) in [6.45, 7) is 5.16. The highest BCUT2D eigenvalue weighted by Crippen LogP contribution is 2.32. The van der Waals surface area contributed by atoms with Crippen LogP contribution in [-0.4, -0.2) is 44.8 Å². The molecule has 0 amide bonds. The molecule has 0 fully saturated rings. The van der Waals surface area contributed by atoms with Crippen LogP contribution >= 0.6 is 0 Å². The molecule has 0 saturated carbocycles. The average molecular weight is 276 g/mol. The van der Waals surface area contributed by atoms with Gasteiger partial charge < -0.3 is 15.0 Å². The summed E-state index contributed by atoms with van der Waals surface area (Å²) in [5.41, 5.74) is 3.00. The van der Waals surface area contributed by atoms with E-state index in [-0.39, 0.29) is 0 Å². The summed E-state index contributed by atoms with van der Waals surface area (Å²) in [6.07, 6.45) is 3.53. The number of likely N-dealkylation sites (N-methyl/N-ethyl adjacent to an activating group) is 2. The van der Waals surface area contributed by atoms with E-state index in [1.165, 1.54) is 24.0 Å². The third-order valence-electron chi connectivity index (χ3n) is 4.33. The van der Waals surface area contributed by atoms with E-state index < -0.39 is 0 Å². The van der Waals surface area contributed by atoms with E-state index in [1.807, 2.05) is 0 Å². The fourth-order valence-electron chi connectivity index (χ4n) is 3.31. The van der Waals surface area contributed by atoms with Crippen molar-refractivity contribution in [2.45, 2.75) is 38.3 Å². The summed E-state index contributed by atoms with van der Waals surface area (Å²) in [5.74, 6) is 0. The second kappa shape index (κ2) is 7.77. The van der Waals surface area contributed by atoms with Gasteiger partial charge in [0.2, 0.25) is 0 Å². The Morgan fingerprint density at radius 2 is 2.15 bits per heavy atom. The van der Waals surface area contributed by atoms with Gasteiger partial charge in [-0.25, -0.2) is 0 Å². The predicted molar refractivity (Wildman–Crippen MR) is 84.1 cm³/mol. The summed E-state index contributed by atoms with van der Waals surface area (Å²) < 4.78 is 5.17. The van der Waals surface area contributed by atoms with Gasteiger partial charge in [0, 0.05) is 32.3 Å². The van der Waals surface area contributed by atoms with E-state index in [2.05, 4.69) is 48.5 Å². The molecule has 0 aromatic heterocycles. The molecule has 3 heteroatoms. The fourth-order valence-corrected chi connectivity index (χ4v) is 3.31. The van der Waals surface area contributed by atoms with E-state index in [0.29, 0.717) is 12.1 Å². The third-order valence-corrected chi connectivity index (χ3v) is 4.33. The van der Waals surface area contributed by atoms with Crippen LogP contribution in [-0.2, 0) is 11.2 Å². The molecule has 2 rings (SSSR count). The monoisotopic (exact) mass is 276 g/mol. The van der Waals surface area contributed by atoms with Crippen LogP contribution in [0.3, 0.4) is 0 Å². The van der Waals surface area contributed by atoms with Crippen molar-refractivity contribution in [3.63, 3.8) is 0 Å². The molecule has 1 aromatic carbocycles. The Labute approximate surface area is 123 Å². The Morgan fingerprint density at radius 3 is 2.90 bits per heavy atom. The maximum absolute atomic E-state index is 5.17.